The molecule has 0 unspecified atom stereocenters. The van der Waals surface area contributed by atoms with Gasteiger partial charge in [-0.3, -0.25) is 4.57 Å². The molecule has 0 aliphatic rings. The lowest BCUT2D eigenvalue weighted by Crippen LogP contribution is -2.02. The SMILES string of the molecule is COc1cc(OC)cc(-c2nnc(SCc3ccc(C)c(C)c3)n2-c2ccccc2C)c1. The van der Waals surface area contributed by atoms with Gasteiger partial charge < -0.3 is 9.47 Å². The highest BCUT2D eigenvalue weighted by Crippen LogP contribution is 2.34. The fraction of sp³-hybridized carbons (Fsp3) is 0.231. The molecule has 164 valence electrons. The van der Waals surface area contributed by atoms with Crippen molar-refractivity contribution in [3.05, 3.63) is 82.9 Å². The van der Waals surface area contributed by atoms with Crippen LogP contribution >= 0.6 is 11.8 Å². The Bertz CT molecular complexity index is 1230. The summed E-state index contributed by atoms with van der Waals surface area (Å²) in [7, 11) is 3.30. The van der Waals surface area contributed by atoms with E-state index in [4.69, 9.17) is 9.47 Å². The average molecular weight is 446 g/mol. The smallest absolute Gasteiger partial charge is 0.196 e. The second-order valence-electron chi connectivity index (χ2n) is 7.74. The van der Waals surface area contributed by atoms with Gasteiger partial charge in [-0.25, -0.2) is 0 Å². The molecule has 0 atom stereocenters. The van der Waals surface area contributed by atoms with Crippen molar-refractivity contribution in [2.75, 3.05) is 14.2 Å². The van der Waals surface area contributed by atoms with Crippen LogP contribution in [0.3, 0.4) is 0 Å². The number of aryl methyl sites for hydroxylation is 3. The average Bonchev–Trinajstić information content (AvgIpc) is 3.23. The largest absolute Gasteiger partial charge is 0.497 e. The predicted molar refractivity (Wildman–Crippen MR) is 130 cm³/mol. The Kier molecular flexibility index (Phi) is 6.51. The molecule has 32 heavy (non-hydrogen) atoms. The summed E-state index contributed by atoms with van der Waals surface area (Å²) in [6.45, 7) is 6.38. The molecule has 0 aliphatic carbocycles. The van der Waals surface area contributed by atoms with Crippen LogP contribution in [0.15, 0.2) is 65.8 Å². The first-order valence-corrected chi connectivity index (χ1v) is 11.4. The summed E-state index contributed by atoms with van der Waals surface area (Å²) in [5, 5.41) is 9.99. The number of aromatic nitrogens is 3. The van der Waals surface area contributed by atoms with E-state index in [2.05, 4.69) is 65.9 Å². The molecule has 5 nitrogen and oxygen atoms in total. The van der Waals surface area contributed by atoms with Crippen molar-refractivity contribution in [1.82, 2.24) is 14.8 Å². The number of ether oxygens (including phenoxy) is 2. The number of hydrogen-bond acceptors (Lipinski definition) is 5. The van der Waals surface area contributed by atoms with Crippen molar-refractivity contribution in [2.24, 2.45) is 0 Å². The summed E-state index contributed by atoms with van der Waals surface area (Å²) < 4.78 is 13.1. The van der Waals surface area contributed by atoms with E-state index in [1.165, 1.54) is 16.7 Å². The highest BCUT2D eigenvalue weighted by atomic mass is 32.2. The Balaban J connectivity index is 1.79. The Labute approximate surface area is 193 Å². The summed E-state index contributed by atoms with van der Waals surface area (Å²) in [6, 6.07) is 20.6. The normalized spacial score (nSPS) is 10.9. The first-order valence-electron chi connectivity index (χ1n) is 10.4. The Hall–Kier alpha value is -3.25. The fourth-order valence-electron chi connectivity index (χ4n) is 3.56. The van der Waals surface area contributed by atoms with Gasteiger partial charge in [0.05, 0.1) is 19.9 Å². The molecule has 0 amide bonds. The zero-order valence-corrected chi connectivity index (χ0v) is 19.9. The molecule has 0 saturated heterocycles. The summed E-state index contributed by atoms with van der Waals surface area (Å²) in [5.41, 5.74) is 6.95. The lowest BCUT2D eigenvalue weighted by Gasteiger charge is -2.14. The summed E-state index contributed by atoms with van der Waals surface area (Å²) in [6.07, 6.45) is 0. The van der Waals surface area contributed by atoms with Crippen molar-refractivity contribution in [2.45, 2.75) is 31.7 Å². The monoisotopic (exact) mass is 445 g/mol. The maximum atomic E-state index is 5.48. The van der Waals surface area contributed by atoms with Gasteiger partial charge in [-0.1, -0.05) is 48.2 Å². The first-order chi connectivity index (χ1) is 15.5. The van der Waals surface area contributed by atoms with Gasteiger partial charge in [0.2, 0.25) is 0 Å². The number of para-hydroxylation sites is 1. The second kappa shape index (κ2) is 9.49. The zero-order chi connectivity index (χ0) is 22.7. The number of nitrogens with zero attached hydrogens (tertiary/aromatic N) is 3. The minimum absolute atomic E-state index is 0.711. The van der Waals surface area contributed by atoms with Gasteiger partial charge in [0.1, 0.15) is 11.5 Å². The van der Waals surface area contributed by atoms with Crippen LogP contribution < -0.4 is 9.47 Å². The van der Waals surface area contributed by atoms with Gasteiger partial charge in [-0.05, 0) is 61.2 Å². The highest BCUT2D eigenvalue weighted by Gasteiger charge is 2.19. The molecule has 0 saturated carbocycles. The third-order valence-corrected chi connectivity index (χ3v) is 6.54. The third kappa shape index (κ3) is 4.50. The van der Waals surface area contributed by atoms with Crippen molar-refractivity contribution < 1.29 is 9.47 Å². The van der Waals surface area contributed by atoms with Crippen LogP contribution in [0.1, 0.15) is 22.3 Å². The number of hydrogen-bond donors (Lipinski definition) is 0. The standard InChI is InChI=1S/C26H27N3O2S/c1-17-10-11-20(12-19(17)3)16-32-26-28-27-25(29(26)24-9-7-6-8-18(24)2)21-13-22(30-4)15-23(14-21)31-5/h6-15H,16H2,1-5H3. The molecule has 0 fully saturated rings. The van der Waals surface area contributed by atoms with Crippen LogP contribution in [0.5, 0.6) is 11.5 Å². The second-order valence-corrected chi connectivity index (χ2v) is 8.68. The van der Waals surface area contributed by atoms with Crippen LogP contribution in [0.2, 0.25) is 0 Å². The third-order valence-electron chi connectivity index (χ3n) is 5.54. The van der Waals surface area contributed by atoms with E-state index < -0.39 is 0 Å². The maximum Gasteiger partial charge on any atom is 0.196 e. The zero-order valence-electron chi connectivity index (χ0n) is 19.0. The van der Waals surface area contributed by atoms with Gasteiger partial charge in [-0.2, -0.15) is 0 Å². The molecule has 1 heterocycles. The van der Waals surface area contributed by atoms with Gasteiger partial charge in [0.25, 0.3) is 0 Å². The Morgan fingerprint density at radius 2 is 1.50 bits per heavy atom. The van der Waals surface area contributed by atoms with Gasteiger partial charge >= 0.3 is 0 Å². The number of methoxy groups -OCH3 is 2. The fourth-order valence-corrected chi connectivity index (χ4v) is 4.45. The molecule has 0 radical (unpaired) electrons. The number of benzene rings is 3. The van der Waals surface area contributed by atoms with Crippen molar-refractivity contribution >= 4 is 11.8 Å². The van der Waals surface area contributed by atoms with Crippen LogP contribution in [0.25, 0.3) is 17.1 Å². The molecule has 1 aromatic heterocycles. The topological polar surface area (TPSA) is 49.2 Å². The summed E-state index contributed by atoms with van der Waals surface area (Å²) in [4.78, 5) is 0. The number of rotatable bonds is 7. The van der Waals surface area contributed by atoms with Crippen LogP contribution in [-0.4, -0.2) is 29.0 Å². The van der Waals surface area contributed by atoms with E-state index in [0.717, 1.165) is 33.5 Å². The number of thioether (sulfide) groups is 1. The minimum atomic E-state index is 0.711. The van der Waals surface area contributed by atoms with Gasteiger partial charge in [0, 0.05) is 17.4 Å². The summed E-state index contributed by atoms with van der Waals surface area (Å²) >= 11 is 1.68. The molecular weight excluding hydrogens is 418 g/mol. The summed E-state index contributed by atoms with van der Waals surface area (Å²) in [5.74, 6) is 2.98. The molecule has 6 heteroatoms. The lowest BCUT2D eigenvalue weighted by atomic mass is 10.1. The van der Waals surface area contributed by atoms with Gasteiger partial charge in [-0.15, -0.1) is 10.2 Å². The highest BCUT2D eigenvalue weighted by molar-refractivity contribution is 7.98. The maximum absolute atomic E-state index is 5.48. The molecule has 0 aliphatic heterocycles. The minimum Gasteiger partial charge on any atom is -0.497 e. The molecule has 0 bridgehead atoms. The van der Waals surface area contributed by atoms with Crippen molar-refractivity contribution in [3.63, 3.8) is 0 Å². The molecule has 4 aromatic rings. The van der Waals surface area contributed by atoms with E-state index >= 15 is 0 Å². The van der Waals surface area contributed by atoms with Crippen molar-refractivity contribution in [1.29, 1.82) is 0 Å². The van der Waals surface area contributed by atoms with Gasteiger partial charge in [0.15, 0.2) is 11.0 Å². The first kappa shape index (κ1) is 22.0. The van der Waals surface area contributed by atoms with E-state index in [0.29, 0.717) is 11.5 Å². The van der Waals surface area contributed by atoms with E-state index in [1.54, 1.807) is 26.0 Å². The molecule has 0 N–H and O–H groups in total. The van der Waals surface area contributed by atoms with Crippen LogP contribution in [-0.2, 0) is 5.75 Å². The van der Waals surface area contributed by atoms with Crippen LogP contribution in [0, 0.1) is 20.8 Å². The predicted octanol–water partition coefficient (Wildman–Crippen LogP) is 6.17. The molecular formula is C26H27N3O2S. The Morgan fingerprint density at radius 3 is 2.16 bits per heavy atom. The quantitative estimate of drug-likeness (QED) is 0.318. The van der Waals surface area contributed by atoms with E-state index in [-0.39, 0.29) is 0 Å². The molecule has 3 aromatic carbocycles. The van der Waals surface area contributed by atoms with Crippen LogP contribution in [0.4, 0.5) is 0 Å². The van der Waals surface area contributed by atoms with E-state index in [1.807, 2.05) is 30.3 Å². The van der Waals surface area contributed by atoms with E-state index in [9.17, 15) is 0 Å². The Morgan fingerprint density at radius 1 is 0.781 bits per heavy atom. The molecule has 0 spiro atoms. The van der Waals surface area contributed by atoms with Crippen molar-refractivity contribution in [3.8, 4) is 28.6 Å². The lowest BCUT2D eigenvalue weighted by molar-refractivity contribution is 0.394. The molecule has 4 rings (SSSR count).